The summed E-state index contributed by atoms with van der Waals surface area (Å²) in [7, 11) is 0. The first-order valence-corrected chi connectivity index (χ1v) is 17.7. The van der Waals surface area contributed by atoms with Crippen LogP contribution in [0.3, 0.4) is 0 Å². The van der Waals surface area contributed by atoms with Crippen LogP contribution in [-0.2, 0) is 0 Å². The molecule has 0 radical (unpaired) electrons. The van der Waals surface area contributed by atoms with Gasteiger partial charge in [0, 0.05) is 33.4 Å². The molecule has 0 spiro atoms. The summed E-state index contributed by atoms with van der Waals surface area (Å²) < 4.78 is 6.39. The van der Waals surface area contributed by atoms with Gasteiger partial charge in [0.1, 0.15) is 11.2 Å². The van der Waals surface area contributed by atoms with Gasteiger partial charge in [0.15, 0.2) is 0 Å². The highest BCUT2D eigenvalue weighted by atomic mass is 16.3. The summed E-state index contributed by atoms with van der Waals surface area (Å²) in [5, 5.41) is 7.27. The number of anilines is 3. The highest BCUT2D eigenvalue weighted by Crippen LogP contribution is 2.40. The van der Waals surface area contributed by atoms with Gasteiger partial charge in [-0.25, -0.2) is 0 Å². The van der Waals surface area contributed by atoms with Crippen molar-refractivity contribution in [2.24, 2.45) is 0 Å². The zero-order valence-electron chi connectivity index (χ0n) is 28.4. The second-order valence-electron chi connectivity index (χ2n) is 13.4. The molecular weight excluding hydrogens is 631 g/mol. The molecule has 1 heterocycles. The fourth-order valence-electron chi connectivity index (χ4n) is 7.56. The number of fused-ring (bicyclic) bond motifs is 5. The highest BCUT2D eigenvalue weighted by Gasteiger charge is 2.16. The van der Waals surface area contributed by atoms with Crippen molar-refractivity contribution < 1.29 is 4.42 Å². The van der Waals surface area contributed by atoms with E-state index in [0.717, 1.165) is 50.1 Å². The first-order chi connectivity index (χ1) is 25.7. The van der Waals surface area contributed by atoms with Crippen LogP contribution in [-0.4, -0.2) is 0 Å². The minimum Gasteiger partial charge on any atom is -0.455 e. The molecule has 0 bridgehead atoms. The van der Waals surface area contributed by atoms with E-state index >= 15 is 0 Å². The summed E-state index contributed by atoms with van der Waals surface area (Å²) in [5.74, 6) is 0. The molecule has 0 saturated carbocycles. The number of benzene rings is 9. The van der Waals surface area contributed by atoms with Gasteiger partial charge < -0.3 is 9.32 Å². The van der Waals surface area contributed by atoms with Gasteiger partial charge in [-0.3, -0.25) is 0 Å². The zero-order chi connectivity index (χ0) is 34.4. The lowest BCUT2D eigenvalue weighted by atomic mass is 9.99. The van der Waals surface area contributed by atoms with E-state index in [0.29, 0.717) is 0 Å². The predicted octanol–water partition coefficient (Wildman–Crippen LogP) is 14.4. The van der Waals surface area contributed by atoms with Gasteiger partial charge in [0.05, 0.1) is 0 Å². The van der Waals surface area contributed by atoms with E-state index < -0.39 is 0 Å². The molecule has 0 saturated heterocycles. The monoisotopic (exact) mass is 663 g/mol. The Bertz CT molecular complexity index is 2760. The molecule has 0 fully saturated rings. The van der Waals surface area contributed by atoms with E-state index in [1.165, 1.54) is 43.8 Å². The Hall–Kier alpha value is -6.90. The Labute approximate surface area is 302 Å². The van der Waals surface area contributed by atoms with Crippen LogP contribution in [0.5, 0.6) is 0 Å². The average molecular weight is 664 g/mol. The molecule has 2 heteroatoms. The second-order valence-corrected chi connectivity index (χ2v) is 13.4. The third-order valence-electron chi connectivity index (χ3n) is 10.3. The summed E-state index contributed by atoms with van der Waals surface area (Å²) in [6.07, 6.45) is 0. The van der Waals surface area contributed by atoms with E-state index in [-0.39, 0.29) is 0 Å². The quantitative estimate of drug-likeness (QED) is 0.176. The summed E-state index contributed by atoms with van der Waals surface area (Å²) in [5.41, 5.74) is 12.1. The van der Waals surface area contributed by atoms with Crippen LogP contribution in [0.2, 0.25) is 0 Å². The molecule has 1 aromatic heterocycles. The minimum absolute atomic E-state index is 0.909. The molecule has 0 aliphatic rings. The smallest absolute Gasteiger partial charge is 0.143 e. The number of hydrogen-bond acceptors (Lipinski definition) is 2. The summed E-state index contributed by atoms with van der Waals surface area (Å²) in [6, 6.07) is 71.7. The van der Waals surface area contributed by atoms with Gasteiger partial charge in [0.25, 0.3) is 0 Å². The van der Waals surface area contributed by atoms with Gasteiger partial charge in [-0.15, -0.1) is 0 Å². The number of hydrogen-bond donors (Lipinski definition) is 0. The highest BCUT2D eigenvalue weighted by molar-refractivity contribution is 6.09. The van der Waals surface area contributed by atoms with E-state index in [1.807, 2.05) is 12.1 Å². The van der Waals surface area contributed by atoms with Crippen LogP contribution >= 0.6 is 0 Å². The first-order valence-electron chi connectivity index (χ1n) is 17.7. The van der Waals surface area contributed by atoms with Crippen molar-refractivity contribution in [3.05, 3.63) is 200 Å². The Morgan fingerprint density at radius 2 is 0.750 bits per heavy atom. The van der Waals surface area contributed by atoms with Crippen LogP contribution in [0.1, 0.15) is 0 Å². The minimum atomic E-state index is 0.909. The summed E-state index contributed by atoms with van der Waals surface area (Å²) >= 11 is 0. The van der Waals surface area contributed by atoms with Crippen LogP contribution in [0, 0.1) is 0 Å². The fraction of sp³-hybridized carbons (Fsp3) is 0. The number of para-hydroxylation sites is 2. The standard InChI is InChI=1S/C50H33NO/c1-3-10-39-32-41(18-16-34(39)8-1)36-20-26-43(27-21-36)51(44-28-22-37(23-29-44)42-19-17-35-9-2-4-11-40(35)33-42)45-30-24-38(25-31-45)46-13-7-14-48-47-12-5-6-15-49(47)52-50(46)48/h1-33H. The topological polar surface area (TPSA) is 16.4 Å². The lowest BCUT2D eigenvalue weighted by Crippen LogP contribution is -2.09. The molecule has 52 heavy (non-hydrogen) atoms. The Morgan fingerprint density at radius 1 is 0.308 bits per heavy atom. The van der Waals surface area contributed by atoms with Gasteiger partial charge in [-0.05, 0) is 104 Å². The van der Waals surface area contributed by atoms with E-state index in [9.17, 15) is 0 Å². The fourth-order valence-corrected chi connectivity index (χ4v) is 7.56. The maximum atomic E-state index is 6.39. The van der Waals surface area contributed by atoms with E-state index in [1.54, 1.807) is 0 Å². The van der Waals surface area contributed by atoms with Crippen LogP contribution in [0.4, 0.5) is 17.1 Å². The van der Waals surface area contributed by atoms with Gasteiger partial charge in [0.2, 0.25) is 0 Å². The SMILES string of the molecule is c1ccc2cc(-c3ccc(N(c4ccc(-c5ccc6ccccc6c5)cc4)c4ccc(-c5cccc6c5oc5ccccc56)cc4)cc3)ccc2c1. The molecule has 10 rings (SSSR count). The van der Waals surface area contributed by atoms with Gasteiger partial charge >= 0.3 is 0 Å². The number of rotatable bonds is 6. The molecular formula is C50H33NO. The van der Waals surface area contributed by atoms with Crippen molar-refractivity contribution in [3.63, 3.8) is 0 Å². The van der Waals surface area contributed by atoms with Crippen molar-refractivity contribution >= 4 is 60.5 Å². The third kappa shape index (κ3) is 5.30. The molecule has 9 aromatic carbocycles. The molecule has 10 aromatic rings. The molecule has 0 N–H and O–H groups in total. The van der Waals surface area contributed by atoms with Crippen LogP contribution in [0.25, 0.3) is 76.9 Å². The van der Waals surface area contributed by atoms with E-state index in [2.05, 4.69) is 193 Å². The first kappa shape index (κ1) is 30.0. The Morgan fingerprint density at radius 3 is 1.31 bits per heavy atom. The maximum Gasteiger partial charge on any atom is 0.143 e. The van der Waals surface area contributed by atoms with Crippen molar-refractivity contribution in [2.75, 3.05) is 4.90 Å². The summed E-state index contributed by atoms with van der Waals surface area (Å²) in [4.78, 5) is 2.33. The van der Waals surface area contributed by atoms with Gasteiger partial charge in [-0.1, -0.05) is 146 Å². The molecule has 0 aliphatic heterocycles. The summed E-state index contributed by atoms with van der Waals surface area (Å²) in [6.45, 7) is 0. The van der Waals surface area contributed by atoms with Crippen molar-refractivity contribution in [2.45, 2.75) is 0 Å². The molecule has 2 nitrogen and oxygen atoms in total. The molecule has 244 valence electrons. The number of nitrogens with zero attached hydrogens (tertiary/aromatic N) is 1. The lowest BCUT2D eigenvalue weighted by molar-refractivity contribution is 0.670. The zero-order valence-corrected chi connectivity index (χ0v) is 28.4. The molecule has 0 amide bonds. The lowest BCUT2D eigenvalue weighted by Gasteiger charge is -2.26. The molecule has 0 unspecified atom stereocenters. The largest absolute Gasteiger partial charge is 0.455 e. The van der Waals surface area contributed by atoms with Crippen molar-refractivity contribution in [1.82, 2.24) is 0 Å². The second kappa shape index (κ2) is 12.5. The van der Waals surface area contributed by atoms with Crippen molar-refractivity contribution in [1.29, 1.82) is 0 Å². The predicted molar refractivity (Wildman–Crippen MR) is 220 cm³/mol. The Balaban J connectivity index is 1.04. The Kier molecular flexibility index (Phi) is 7.18. The van der Waals surface area contributed by atoms with E-state index in [4.69, 9.17) is 4.42 Å². The molecule has 0 aliphatic carbocycles. The normalized spacial score (nSPS) is 11.5. The molecule has 0 atom stereocenters. The third-order valence-corrected chi connectivity index (χ3v) is 10.3. The van der Waals surface area contributed by atoms with Gasteiger partial charge in [-0.2, -0.15) is 0 Å². The van der Waals surface area contributed by atoms with Crippen LogP contribution < -0.4 is 4.90 Å². The average Bonchev–Trinajstić information content (AvgIpc) is 3.61. The van der Waals surface area contributed by atoms with Crippen LogP contribution in [0.15, 0.2) is 205 Å². The number of furan rings is 1. The maximum absolute atomic E-state index is 6.39. The van der Waals surface area contributed by atoms with Crippen molar-refractivity contribution in [3.8, 4) is 33.4 Å².